The molecule has 0 aliphatic heterocycles. The molecule has 31 heavy (non-hydrogen) atoms. The normalized spacial score (nSPS) is 12.7. The minimum atomic E-state index is 0.149. The van der Waals surface area contributed by atoms with E-state index in [-0.39, 0.29) is 6.04 Å². The Labute approximate surface area is 189 Å². The summed E-state index contributed by atoms with van der Waals surface area (Å²) in [5.74, 6) is 1.57. The van der Waals surface area contributed by atoms with Crippen LogP contribution >= 0.6 is 11.6 Å². The summed E-state index contributed by atoms with van der Waals surface area (Å²) >= 11 is 6.51. The van der Waals surface area contributed by atoms with Gasteiger partial charge in [0.15, 0.2) is 5.96 Å². The third-order valence-electron chi connectivity index (χ3n) is 5.24. The molecular formula is C23H30ClN7. The molecule has 3 aromatic rings. The number of guanidine groups is 1. The molecule has 1 atom stereocenters. The van der Waals surface area contributed by atoms with Crippen LogP contribution in [0.15, 0.2) is 66.3 Å². The van der Waals surface area contributed by atoms with Gasteiger partial charge in [0.05, 0.1) is 6.04 Å². The second kappa shape index (κ2) is 11.5. The lowest BCUT2D eigenvalue weighted by Gasteiger charge is -2.31. The van der Waals surface area contributed by atoms with E-state index in [1.165, 1.54) is 0 Å². The molecule has 0 bridgehead atoms. The van der Waals surface area contributed by atoms with Crippen LogP contribution in [0, 0.1) is 0 Å². The highest BCUT2D eigenvalue weighted by atomic mass is 35.5. The summed E-state index contributed by atoms with van der Waals surface area (Å²) in [5, 5.41) is 7.64. The van der Waals surface area contributed by atoms with E-state index in [2.05, 4.69) is 50.4 Å². The first kappa shape index (κ1) is 22.8. The number of imidazole rings is 1. The first-order valence-corrected chi connectivity index (χ1v) is 10.9. The van der Waals surface area contributed by atoms with Gasteiger partial charge in [0.1, 0.15) is 12.1 Å². The number of aromatic nitrogens is 3. The molecular weight excluding hydrogens is 410 g/mol. The zero-order valence-corrected chi connectivity index (χ0v) is 19.0. The standard InChI is InChI=1S/C23H30ClN7/c1-4-30(5-2)21(19-8-6-7-9-20(19)24)16-29-23(25-3)28-15-18-10-11-27-22(14-18)31-13-12-26-17-31/h6-14,17,21H,4-5,15-16H2,1-3H3,(H2,25,28,29). The fourth-order valence-electron chi connectivity index (χ4n) is 3.55. The molecule has 0 radical (unpaired) electrons. The average molecular weight is 440 g/mol. The number of benzene rings is 1. The molecule has 0 saturated carbocycles. The molecule has 3 rings (SSSR count). The number of halogens is 1. The molecule has 0 spiro atoms. The van der Waals surface area contributed by atoms with Gasteiger partial charge < -0.3 is 10.6 Å². The van der Waals surface area contributed by atoms with E-state index in [1.807, 2.05) is 41.1 Å². The van der Waals surface area contributed by atoms with Crippen molar-refractivity contribution in [3.63, 3.8) is 0 Å². The van der Waals surface area contributed by atoms with Gasteiger partial charge in [0, 0.05) is 43.8 Å². The number of pyridine rings is 1. The Morgan fingerprint density at radius 1 is 1.16 bits per heavy atom. The van der Waals surface area contributed by atoms with Gasteiger partial charge in [-0.15, -0.1) is 0 Å². The summed E-state index contributed by atoms with van der Waals surface area (Å²) in [6.45, 7) is 7.54. The van der Waals surface area contributed by atoms with Crippen LogP contribution in [0.1, 0.15) is 31.0 Å². The number of rotatable bonds is 9. The van der Waals surface area contributed by atoms with Crippen molar-refractivity contribution in [2.24, 2.45) is 4.99 Å². The fourth-order valence-corrected chi connectivity index (χ4v) is 3.81. The van der Waals surface area contributed by atoms with Crippen LogP contribution in [0.2, 0.25) is 5.02 Å². The van der Waals surface area contributed by atoms with Crippen molar-refractivity contribution in [3.8, 4) is 5.82 Å². The molecule has 7 nitrogen and oxygen atoms in total. The molecule has 0 amide bonds. The van der Waals surface area contributed by atoms with E-state index in [0.29, 0.717) is 13.1 Å². The maximum absolute atomic E-state index is 6.51. The summed E-state index contributed by atoms with van der Waals surface area (Å²) in [7, 11) is 1.78. The van der Waals surface area contributed by atoms with Crippen LogP contribution in [0.3, 0.4) is 0 Å². The average Bonchev–Trinajstić information content (AvgIpc) is 3.34. The van der Waals surface area contributed by atoms with Crippen molar-refractivity contribution in [2.75, 3.05) is 26.7 Å². The van der Waals surface area contributed by atoms with Gasteiger partial charge in [0.25, 0.3) is 0 Å². The maximum Gasteiger partial charge on any atom is 0.191 e. The summed E-state index contributed by atoms with van der Waals surface area (Å²) in [5.41, 5.74) is 2.22. The van der Waals surface area contributed by atoms with Crippen molar-refractivity contribution in [2.45, 2.75) is 26.4 Å². The van der Waals surface area contributed by atoms with Gasteiger partial charge in [-0.05, 0) is 42.4 Å². The first-order valence-electron chi connectivity index (χ1n) is 10.5. The van der Waals surface area contributed by atoms with E-state index >= 15 is 0 Å². The summed E-state index contributed by atoms with van der Waals surface area (Å²) < 4.78 is 1.88. The number of nitrogens with one attached hydrogen (secondary N) is 2. The van der Waals surface area contributed by atoms with Crippen LogP contribution in [-0.2, 0) is 6.54 Å². The largest absolute Gasteiger partial charge is 0.354 e. The van der Waals surface area contributed by atoms with Crippen LogP contribution in [-0.4, -0.2) is 52.1 Å². The van der Waals surface area contributed by atoms with Crippen molar-refractivity contribution in [1.82, 2.24) is 30.1 Å². The predicted molar refractivity (Wildman–Crippen MR) is 127 cm³/mol. The van der Waals surface area contributed by atoms with Crippen LogP contribution in [0.4, 0.5) is 0 Å². The van der Waals surface area contributed by atoms with E-state index in [1.54, 1.807) is 25.8 Å². The topological polar surface area (TPSA) is 70.4 Å². The molecule has 0 fully saturated rings. The van der Waals surface area contributed by atoms with Gasteiger partial charge in [-0.2, -0.15) is 0 Å². The molecule has 2 aromatic heterocycles. The van der Waals surface area contributed by atoms with Crippen molar-refractivity contribution < 1.29 is 0 Å². The number of likely N-dealkylation sites (N-methyl/N-ethyl adjacent to an activating group) is 1. The molecule has 0 aliphatic carbocycles. The fraction of sp³-hybridized carbons (Fsp3) is 0.348. The number of nitrogens with zero attached hydrogens (tertiary/aromatic N) is 5. The van der Waals surface area contributed by atoms with Gasteiger partial charge in [-0.1, -0.05) is 43.6 Å². The second-order valence-electron chi connectivity index (χ2n) is 7.06. The Morgan fingerprint density at radius 2 is 1.97 bits per heavy atom. The molecule has 8 heteroatoms. The quantitative estimate of drug-likeness (QED) is 0.393. The SMILES string of the molecule is CCN(CC)C(CNC(=NC)NCc1ccnc(-n2ccnc2)c1)c1ccccc1Cl. The summed E-state index contributed by atoms with van der Waals surface area (Å²) in [4.78, 5) is 15.3. The summed E-state index contributed by atoms with van der Waals surface area (Å²) in [6, 6.07) is 12.2. The molecule has 2 N–H and O–H groups in total. The van der Waals surface area contributed by atoms with E-state index in [9.17, 15) is 0 Å². The smallest absolute Gasteiger partial charge is 0.191 e. The van der Waals surface area contributed by atoms with Gasteiger partial charge in [-0.3, -0.25) is 14.5 Å². The Bertz CT molecular complexity index is 968. The van der Waals surface area contributed by atoms with E-state index in [0.717, 1.165) is 41.0 Å². The third-order valence-corrected chi connectivity index (χ3v) is 5.59. The van der Waals surface area contributed by atoms with Crippen LogP contribution < -0.4 is 10.6 Å². The monoisotopic (exact) mass is 439 g/mol. The highest BCUT2D eigenvalue weighted by molar-refractivity contribution is 6.31. The van der Waals surface area contributed by atoms with Gasteiger partial charge in [0.2, 0.25) is 0 Å². The first-order chi connectivity index (χ1) is 15.2. The van der Waals surface area contributed by atoms with Crippen molar-refractivity contribution >= 4 is 17.6 Å². The molecule has 1 aromatic carbocycles. The zero-order valence-electron chi connectivity index (χ0n) is 18.3. The molecule has 2 heterocycles. The lowest BCUT2D eigenvalue weighted by molar-refractivity contribution is 0.219. The number of hydrogen-bond acceptors (Lipinski definition) is 4. The van der Waals surface area contributed by atoms with E-state index in [4.69, 9.17) is 11.6 Å². The van der Waals surface area contributed by atoms with Crippen LogP contribution in [0.25, 0.3) is 5.82 Å². The molecule has 1 unspecified atom stereocenters. The predicted octanol–water partition coefficient (Wildman–Crippen LogP) is 3.67. The maximum atomic E-state index is 6.51. The Morgan fingerprint density at radius 3 is 2.65 bits per heavy atom. The van der Waals surface area contributed by atoms with Gasteiger partial charge >= 0.3 is 0 Å². The Hall–Kier alpha value is -2.90. The molecule has 164 valence electrons. The lowest BCUT2D eigenvalue weighted by atomic mass is 10.0. The highest BCUT2D eigenvalue weighted by Gasteiger charge is 2.20. The van der Waals surface area contributed by atoms with Gasteiger partial charge in [-0.25, -0.2) is 9.97 Å². The third kappa shape index (κ3) is 6.06. The van der Waals surface area contributed by atoms with Crippen molar-refractivity contribution in [3.05, 3.63) is 77.5 Å². The highest BCUT2D eigenvalue weighted by Crippen LogP contribution is 2.26. The number of hydrogen-bond donors (Lipinski definition) is 2. The Balaban J connectivity index is 1.65. The number of aliphatic imine (C=N–C) groups is 1. The van der Waals surface area contributed by atoms with Crippen LogP contribution in [0.5, 0.6) is 0 Å². The van der Waals surface area contributed by atoms with Crippen molar-refractivity contribution in [1.29, 1.82) is 0 Å². The molecule has 0 aliphatic rings. The second-order valence-corrected chi connectivity index (χ2v) is 7.46. The minimum absolute atomic E-state index is 0.149. The molecule has 0 saturated heterocycles. The van der Waals surface area contributed by atoms with E-state index < -0.39 is 0 Å². The minimum Gasteiger partial charge on any atom is -0.354 e. The lowest BCUT2D eigenvalue weighted by Crippen LogP contribution is -2.43. The Kier molecular flexibility index (Phi) is 8.44. The zero-order chi connectivity index (χ0) is 22.1. The summed E-state index contributed by atoms with van der Waals surface area (Å²) in [6.07, 6.45) is 7.16.